The van der Waals surface area contributed by atoms with Crippen molar-refractivity contribution in [2.24, 2.45) is 35.0 Å². The predicted octanol–water partition coefficient (Wildman–Crippen LogP) is 3.60. The zero-order valence-corrected chi connectivity index (χ0v) is 13.7. The van der Waals surface area contributed by atoms with Gasteiger partial charge in [-0.3, -0.25) is 0 Å². The van der Waals surface area contributed by atoms with Gasteiger partial charge in [0.2, 0.25) is 0 Å². The van der Waals surface area contributed by atoms with Crippen LogP contribution < -0.4 is 5.32 Å². The van der Waals surface area contributed by atoms with Gasteiger partial charge in [0.15, 0.2) is 0 Å². The van der Waals surface area contributed by atoms with E-state index >= 15 is 0 Å². The van der Waals surface area contributed by atoms with Crippen molar-refractivity contribution in [1.29, 1.82) is 0 Å². The lowest BCUT2D eigenvalue weighted by Crippen LogP contribution is -2.72. The fourth-order valence-corrected chi connectivity index (χ4v) is 7.27. The molecule has 0 spiro atoms. The summed E-state index contributed by atoms with van der Waals surface area (Å²) in [6, 6.07) is 1.55. The first-order valence-electron chi connectivity index (χ1n) is 9.50. The highest BCUT2D eigenvalue weighted by Gasteiger charge is 2.59. The summed E-state index contributed by atoms with van der Waals surface area (Å²) in [5.74, 6) is 4.98. The summed E-state index contributed by atoms with van der Waals surface area (Å²) in [7, 11) is 0. The van der Waals surface area contributed by atoms with E-state index in [2.05, 4.69) is 19.2 Å². The van der Waals surface area contributed by atoms with Crippen molar-refractivity contribution in [3.05, 3.63) is 0 Å². The third-order valence-corrected chi connectivity index (χ3v) is 7.93. The molecule has 0 radical (unpaired) electrons. The minimum Gasteiger partial charge on any atom is -0.377 e. The molecule has 0 amide bonds. The number of ether oxygens (including phenoxy) is 1. The molecule has 1 heterocycles. The Bertz CT molecular complexity index is 401. The minimum atomic E-state index is 0.347. The number of hydrogen-bond donors (Lipinski definition) is 1. The van der Waals surface area contributed by atoms with E-state index in [9.17, 15) is 0 Å². The van der Waals surface area contributed by atoms with Crippen molar-refractivity contribution in [2.45, 2.75) is 77.0 Å². The SMILES string of the molecule is CC1(C)C(NC2C3CC4CC(C3)CC2C4)C2CCCOC21. The largest absolute Gasteiger partial charge is 0.377 e. The summed E-state index contributed by atoms with van der Waals surface area (Å²) in [6.07, 6.45) is 10.9. The van der Waals surface area contributed by atoms with Crippen LogP contribution >= 0.6 is 0 Å². The number of hydrogen-bond acceptors (Lipinski definition) is 2. The standard InChI is InChI=1S/C19H31NO/c1-19(2)17(15-4-3-5-21-18(15)19)20-16-13-7-11-6-12(9-13)10-14(16)8-11/h11-18,20H,3-10H2,1-2H3. The maximum Gasteiger partial charge on any atom is 0.0684 e. The molecule has 4 bridgehead atoms. The highest BCUT2D eigenvalue weighted by Crippen LogP contribution is 2.56. The molecular formula is C19H31NO. The van der Waals surface area contributed by atoms with Crippen LogP contribution in [0.3, 0.4) is 0 Å². The maximum atomic E-state index is 6.09. The van der Waals surface area contributed by atoms with Crippen LogP contribution in [0.2, 0.25) is 0 Å². The molecule has 6 aliphatic rings. The van der Waals surface area contributed by atoms with E-state index < -0.39 is 0 Å². The Balaban J connectivity index is 1.33. The second-order valence-electron chi connectivity index (χ2n) is 9.52. The molecule has 1 N–H and O–H groups in total. The molecule has 21 heavy (non-hydrogen) atoms. The summed E-state index contributed by atoms with van der Waals surface area (Å²) in [5, 5.41) is 4.21. The van der Waals surface area contributed by atoms with Crippen molar-refractivity contribution in [1.82, 2.24) is 5.32 Å². The third-order valence-electron chi connectivity index (χ3n) is 7.93. The van der Waals surface area contributed by atoms with Gasteiger partial charge in [-0.05, 0) is 68.6 Å². The van der Waals surface area contributed by atoms with E-state index in [0.29, 0.717) is 17.6 Å². The first-order valence-corrected chi connectivity index (χ1v) is 9.50. The lowest BCUT2D eigenvalue weighted by atomic mass is 9.51. The first-order chi connectivity index (χ1) is 10.1. The molecule has 118 valence electrons. The van der Waals surface area contributed by atoms with Gasteiger partial charge in [0.05, 0.1) is 6.10 Å². The highest BCUT2D eigenvalue weighted by atomic mass is 16.5. The smallest absolute Gasteiger partial charge is 0.0684 e. The molecule has 2 nitrogen and oxygen atoms in total. The van der Waals surface area contributed by atoms with Crippen LogP contribution in [0.1, 0.15) is 58.8 Å². The molecule has 6 fully saturated rings. The topological polar surface area (TPSA) is 21.3 Å². The monoisotopic (exact) mass is 289 g/mol. The number of fused-ring (bicyclic) bond motifs is 1. The summed E-state index contributed by atoms with van der Waals surface area (Å²) >= 11 is 0. The van der Waals surface area contributed by atoms with E-state index in [4.69, 9.17) is 4.74 Å². The third kappa shape index (κ3) is 1.84. The lowest BCUT2D eigenvalue weighted by molar-refractivity contribution is -0.199. The molecule has 5 aliphatic carbocycles. The van der Waals surface area contributed by atoms with Gasteiger partial charge in [-0.2, -0.15) is 0 Å². The molecule has 0 aromatic heterocycles. The van der Waals surface area contributed by atoms with E-state index in [1.165, 1.54) is 38.5 Å². The summed E-state index contributed by atoms with van der Waals surface area (Å²) in [4.78, 5) is 0. The van der Waals surface area contributed by atoms with Crippen LogP contribution in [0.5, 0.6) is 0 Å². The Hall–Kier alpha value is -0.0800. The van der Waals surface area contributed by atoms with Gasteiger partial charge >= 0.3 is 0 Å². The average Bonchev–Trinajstić information content (AvgIpc) is 2.46. The molecule has 5 saturated carbocycles. The Morgan fingerprint density at radius 2 is 1.62 bits per heavy atom. The molecule has 2 heteroatoms. The maximum absolute atomic E-state index is 6.09. The Labute approximate surface area is 129 Å². The van der Waals surface area contributed by atoms with E-state index in [1.807, 2.05) is 0 Å². The Morgan fingerprint density at radius 3 is 2.29 bits per heavy atom. The van der Waals surface area contributed by atoms with Gasteiger partial charge in [-0.25, -0.2) is 0 Å². The number of nitrogens with one attached hydrogen (secondary N) is 1. The van der Waals surface area contributed by atoms with Crippen LogP contribution in [0.15, 0.2) is 0 Å². The molecule has 1 aliphatic heterocycles. The molecule has 3 atom stereocenters. The van der Waals surface area contributed by atoms with Gasteiger partial charge in [-0.1, -0.05) is 13.8 Å². The summed E-state index contributed by atoms with van der Waals surface area (Å²) in [6.45, 7) is 5.87. The lowest BCUT2D eigenvalue weighted by Gasteiger charge is -2.63. The van der Waals surface area contributed by atoms with Gasteiger partial charge in [0.25, 0.3) is 0 Å². The van der Waals surface area contributed by atoms with Crippen molar-refractivity contribution >= 4 is 0 Å². The normalized spacial score (nSPS) is 56.9. The second kappa shape index (κ2) is 4.47. The zero-order valence-electron chi connectivity index (χ0n) is 13.7. The van der Waals surface area contributed by atoms with Crippen molar-refractivity contribution in [3.8, 4) is 0 Å². The van der Waals surface area contributed by atoms with E-state index in [0.717, 1.165) is 42.2 Å². The van der Waals surface area contributed by atoms with E-state index in [1.54, 1.807) is 6.42 Å². The molecule has 0 aromatic carbocycles. The number of rotatable bonds is 2. The van der Waals surface area contributed by atoms with Gasteiger partial charge in [0, 0.05) is 30.0 Å². The first kappa shape index (κ1) is 13.4. The quantitative estimate of drug-likeness (QED) is 0.838. The Kier molecular flexibility index (Phi) is 2.85. The van der Waals surface area contributed by atoms with Crippen LogP contribution in [0.25, 0.3) is 0 Å². The average molecular weight is 289 g/mol. The van der Waals surface area contributed by atoms with Gasteiger partial charge in [0.1, 0.15) is 0 Å². The van der Waals surface area contributed by atoms with Gasteiger partial charge in [-0.15, -0.1) is 0 Å². The van der Waals surface area contributed by atoms with E-state index in [-0.39, 0.29) is 0 Å². The van der Waals surface area contributed by atoms with Crippen molar-refractivity contribution in [3.63, 3.8) is 0 Å². The van der Waals surface area contributed by atoms with Crippen LogP contribution in [0.4, 0.5) is 0 Å². The molecule has 3 unspecified atom stereocenters. The fourth-order valence-electron chi connectivity index (χ4n) is 7.27. The zero-order chi connectivity index (χ0) is 14.2. The van der Waals surface area contributed by atoms with Crippen molar-refractivity contribution < 1.29 is 4.74 Å². The van der Waals surface area contributed by atoms with Gasteiger partial charge < -0.3 is 10.1 Å². The summed E-state index contributed by atoms with van der Waals surface area (Å²) < 4.78 is 6.09. The molecule has 0 aromatic rings. The van der Waals surface area contributed by atoms with Crippen LogP contribution in [-0.2, 0) is 4.74 Å². The molecular weight excluding hydrogens is 258 g/mol. The van der Waals surface area contributed by atoms with Crippen LogP contribution in [-0.4, -0.2) is 24.8 Å². The fraction of sp³-hybridized carbons (Fsp3) is 1.00. The molecule has 1 saturated heterocycles. The summed E-state index contributed by atoms with van der Waals surface area (Å²) in [5.41, 5.74) is 0.347. The minimum absolute atomic E-state index is 0.347. The van der Waals surface area contributed by atoms with Crippen LogP contribution in [0, 0.1) is 35.0 Å². The predicted molar refractivity (Wildman–Crippen MR) is 84.0 cm³/mol. The second-order valence-corrected chi connectivity index (χ2v) is 9.52. The Morgan fingerprint density at radius 1 is 0.952 bits per heavy atom. The highest BCUT2D eigenvalue weighted by molar-refractivity contribution is 5.13. The molecule has 6 rings (SSSR count). The van der Waals surface area contributed by atoms with Crippen molar-refractivity contribution in [2.75, 3.05) is 6.61 Å².